The van der Waals surface area contributed by atoms with E-state index in [1.807, 2.05) is 11.1 Å². The minimum atomic E-state index is -0.531. The molecule has 3 rings (SSSR count). The maximum absolute atomic E-state index is 11.6. The van der Waals surface area contributed by atoms with Crippen molar-refractivity contribution in [1.82, 2.24) is 15.0 Å². The zero-order valence-corrected chi connectivity index (χ0v) is 11.5. The number of fused-ring (bicyclic) bond motifs is 1. The molecule has 1 amide bonds. The fraction of sp³-hybridized carbons (Fsp3) is 0.357. The van der Waals surface area contributed by atoms with Gasteiger partial charge in [0.15, 0.2) is 0 Å². The molecule has 0 radical (unpaired) electrons. The lowest BCUT2D eigenvalue weighted by atomic mass is 10.0. The van der Waals surface area contributed by atoms with Gasteiger partial charge in [0, 0.05) is 36.8 Å². The van der Waals surface area contributed by atoms with Gasteiger partial charge in [-0.05, 0) is 18.9 Å². The first-order chi connectivity index (χ1) is 10.2. The average molecular weight is 287 g/mol. The largest absolute Gasteiger partial charge is 0.365 e. The van der Waals surface area contributed by atoms with E-state index in [0.29, 0.717) is 23.4 Å². The molecular formula is C14H17N5O2. The van der Waals surface area contributed by atoms with Gasteiger partial charge in [-0.25, -0.2) is 9.99 Å². The molecule has 4 N–H and O–H groups in total. The number of carbonyl (C=O) groups is 2. The summed E-state index contributed by atoms with van der Waals surface area (Å²) < 4.78 is 0. The Kier molecular flexibility index (Phi) is 3.57. The number of hydrogen-bond donors (Lipinski definition) is 3. The van der Waals surface area contributed by atoms with Gasteiger partial charge in [0.2, 0.25) is 0 Å². The summed E-state index contributed by atoms with van der Waals surface area (Å²) in [6, 6.07) is 1.85. The summed E-state index contributed by atoms with van der Waals surface area (Å²) in [6.07, 6.45) is 6.05. The van der Waals surface area contributed by atoms with Crippen molar-refractivity contribution in [1.29, 1.82) is 0 Å². The third-order valence-corrected chi connectivity index (χ3v) is 3.77. The van der Waals surface area contributed by atoms with Gasteiger partial charge in [-0.1, -0.05) is 0 Å². The Labute approximate surface area is 121 Å². The molecule has 0 spiro atoms. The molecule has 3 heterocycles. The van der Waals surface area contributed by atoms with Crippen molar-refractivity contribution in [3.8, 4) is 0 Å². The van der Waals surface area contributed by atoms with Gasteiger partial charge in [-0.3, -0.25) is 4.79 Å². The molecule has 0 bridgehead atoms. The van der Waals surface area contributed by atoms with Crippen LogP contribution in [0.5, 0.6) is 0 Å². The number of nitrogens with one attached hydrogen (secondary N) is 2. The van der Waals surface area contributed by atoms with E-state index < -0.39 is 5.91 Å². The van der Waals surface area contributed by atoms with Crippen molar-refractivity contribution < 1.29 is 9.59 Å². The van der Waals surface area contributed by atoms with Gasteiger partial charge < -0.3 is 20.9 Å². The molecule has 1 aliphatic heterocycles. The molecule has 7 heteroatoms. The first-order valence-electron chi connectivity index (χ1n) is 6.92. The van der Waals surface area contributed by atoms with Gasteiger partial charge in [0.1, 0.15) is 11.9 Å². The second kappa shape index (κ2) is 5.53. The summed E-state index contributed by atoms with van der Waals surface area (Å²) in [5.74, 6) is -0.510. The van der Waals surface area contributed by atoms with Crippen LogP contribution in [0.1, 0.15) is 23.2 Å². The zero-order chi connectivity index (χ0) is 14.8. The first-order valence-corrected chi connectivity index (χ1v) is 6.92. The summed E-state index contributed by atoms with van der Waals surface area (Å²) in [6.45, 7) is 1.44. The molecule has 2 aromatic heterocycles. The number of piperidine rings is 1. The van der Waals surface area contributed by atoms with Crippen molar-refractivity contribution in [2.24, 2.45) is 11.7 Å². The SMILES string of the molecule is NC(=O)c1cnc2[nH]ccc2c1NN1CCC[C@H](C=O)C1. The Morgan fingerprint density at radius 3 is 3.19 bits per heavy atom. The van der Waals surface area contributed by atoms with Crippen LogP contribution in [0.15, 0.2) is 18.5 Å². The normalized spacial score (nSPS) is 19.5. The molecule has 0 aromatic carbocycles. The highest BCUT2D eigenvalue weighted by atomic mass is 16.1. The van der Waals surface area contributed by atoms with Crippen LogP contribution in [-0.4, -0.2) is 40.3 Å². The number of H-pyrrole nitrogens is 1. The van der Waals surface area contributed by atoms with Crippen LogP contribution in [0.2, 0.25) is 0 Å². The molecule has 1 atom stereocenters. The highest BCUT2D eigenvalue weighted by molar-refractivity contribution is 6.05. The molecule has 110 valence electrons. The van der Waals surface area contributed by atoms with Gasteiger partial charge in [-0.15, -0.1) is 0 Å². The Morgan fingerprint density at radius 2 is 2.43 bits per heavy atom. The van der Waals surface area contributed by atoms with Gasteiger partial charge in [0.25, 0.3) is 5.91 Å². The predicted molar refractivity (Wildman–Crippen MR) is 78.6 cm³/mol. The van der Waals surface area contributed by atoms with Gasteiger partial charge in [0.05, 0.1) is 11.3 Å². The highest BCUT2D eigenvalue weighted by Crippen LogP contribution is 2.27. The van der Waals surface area contributed by atoms with E-state index in [-0.39, 0.29) is 5.92 Å². The molecule has 1 fully saturated rings. The minimum Gasteiger partial charge on any atom is -0.365 e. The fourth-order valence-corrected chi connectivity index (χ4v) is 2.70. The van der Waals surface area contributed by atoms with E-state index in [2.05, 4.69) is 15.4 Å². The van der Waals surface area contributed by atoms with Crippen molar-refractivity contribution in [3.63, 3.8) is 0 Å². The quantitative estimate of drug-likeness (QED) is 0.725. The van der Waals surface area contributed by atoms with Gasteiger partial charge >= 0.3 is 0 Å². The number of hydrazine groups is 1. The summed E-state index contributed by atoms with van der Waals surface area (Å²) in [7, 11) is 0. The molecule has 1 saturated heterocycles. The highest BCUT2D eigenvalue weighted by Gasteiger charge is 2.22. The number of hydrogen-bond acceptors (Lipinski definition) is 5. The number of nitrogens with two attached hydrogens (primary N) is 1. The standard InChI is InChI=1S/C14H17N5O2/c15-13(21)11-6-17-14-10(3-4-16-14)12(11)18-19-5-1-2-9(7-19)8-20/h3-4,6,8-9H,1-2,5,7H2,(H2,15,21)(H2,16,17,18)/t9-/m0/s1. The Balaban J connectivity index is 1.94. The molecule has 21 heavy (non-hydrogen) atoms. The zero-order valence-electron chi connectivity index (χ0n) is 11.5. The van der Waals surface area contributed by atoms with E-state index in [4.69, 9.17) is 5.73 Å². The number of rotatable bonds is 4. The molecule has 0 unspecified atom stereocenters. The molecule has 2 aromatic rings. The van der Waals surface area contributed by atoms with E-state index >= 15 is 0 Å². The second-order valence-electron chi connectivity index (χ2n) is 5.25. The van der Waals surface area contributed by atoms with Crippen molar-refractivity contribution >= 4 is 28.9 Å². The Morgan fingerprint density at radius 1 is 1.57 bits per heavy atom. The summed E-state index contributed by atoms with van der Waals surface area (Å²) >= 11 is 0. The maximum atomic E-state index is 11.6. The number of aromatic nitrogens is 2. The number of carbonyl (C=O) groups excluding carboxylic acids is 2. The van der Waals surface area contributed by atoms with Crippen LogP contribution < -0.4 is 11.2 Å². The third kappa shape index (κ3) is 2.59. The van der Waals surface area contributed by atoms with Crippen LogP contribution in [0.3, 0.4) is 0 Å². The fourth-order valence-electron chi connectivity index (χ4n) is 2.70. The van der Waals surface area contributed by atoms with E-state index in [0.717, 1.165) is 31.1 Å². The van der Waals surface area contributed by atoms with Crippen LogP contribution >= 0.6 is 0 Å². The van der Waals surface area contributed by atoms with Crippen LogP contribution in [0, 0.1) is 5.92 Å². The molecule has 7 nitrogen and oxygen atoms in total. The predicted octanol–water partition coefficient (Wildman–Crippen LogP) is 0.900. The lowest BCUT2D eigenvalue weighted by Gasteiger charge is -2.31. The lowest BCUT2D eigenvalue weighted by Crippen LogP contribution is -2.40. The number of amides is 1. The van der Waals surface area contributed by atoms with Crippen molar-refractivity contribution in [3.05, 3.63) is 24.0 Å². The number of aldehydes is 1. The average Bonchev–Trinajstić information content (AvgIpc) is 2.96. The van der Waals surface area contributed by atoms with Gasteiger partial charge in [-0.2, -0.15) is 0 Å². The Bertz CT molecular complexity index is 681. The van der Waals surface area contributed by atoms with Crippen LogP contribution in [0.25, 0.3) is 11.0 Å². The topological polar surface area (TPSA) is 104 Å². The summed E-state index contributed by atoms with van der Waals surface area (Å²) in [4.78, 5) is 29.7. The van der Waals surface area contributed by atoms with E-state index in [1.54, 1.807) is 6.20 Å². The lowest BCUT2D eigenvalue weighted by molar-refractivity contribution is -0.112. The second-order valence-corrected chi connectivity index (χ2v) is 5.25. The van der Waals surface area contributed by atoms with Crippen molar-refractivity contribution in [2.75, 3.05) is 18.5 Å². The molecule has 1 aliphatic rings. The summed E-state index contributed by atoms with van der Waals surface area (Å²) in [5.41, 5.74) is 10.3. The maximum Gasteiger partial charge on any atom is 0.252 e. The molecule has 0 aliphatic carbocycles. The monoisotopic (exact) mass is 287 g/mol. The number of pyridine rings is 1. The number of anilines is 1. The van der Waals surface area contributed by atoms with Crippen LogP contribution in [0.4, 0.5) is 5.69 Å². The Hall–Kier alpha value is -2.41. The number of aromatic amines is 1. The molecule has 0 saturated carbocycles. The third-order valence-electron chi connectivity index (χ3n) is 3.77. The molecular weight excluding hydrogens is 270 g/mol. The van der Waals surface area contributed by atoms with Crippen molar-refractivity contribution in [2.45, 2.75) is 12.8 Å². The van der Waals surface area contributed by atoms with Crippen LogP contribution in [-0.2, 0) is 4.79 Å². The summed E-state index contributed by atoms with van der Waals surface area (Å²) in [5, 5.41) is 2.76. The smallest absolute Gasteiger partial charge is 0.252 e. The first kappa shape index (κ1) is 13.6. The number of nitrogens with zero attached hydrogens (tertiary/aromatic N) is 2. The van der Waals surface area contributed by atoms with E-state index in [1.165, 1.54) is 6.20 Å². The van der Waals surface area contributed by atoms with E-state index in [9.17, 15) is 9.59 Å². The minimum absolute atomic E-state index is 0.0202. The number of primary amides is 1.